The van der Waals surface area contributed by atoms with Gasteiger partial charge in [0.05, 0.1) is 5.69 Å². The second-order valence-electron chi connectivity index (χ2n) is 5.66. The van der Waals surface area contributed by atoms with E-state index in [4.69, 9.17) is 16.3 Å². The van der Waals surface area contributed by atoms with Crippen molar-refractivity contribution in [1.82, 2.24) is 10.9 Å². The summed E-state index contributed by atoms with van der Waals surface area (Å²) in [6, 6.07) is 13.2. The van der Waals surface area contributed by atoms with Crippen molar-refractivity contribution in [3.8, 4) is 5.75 Å². The first-order valence-corrected chi connectivity index (χ1v) is 8.25. The van der Waals surface area contributed by atoms with Crippen LogP contribution in [0.3, 0.4) is 0 Å². The molecule has 8 heteroatoms. The van der Waals surface area contributed by atoms with E-state index >= 15 is 0 Å². The van der Waals surface area contributed by atoms with Gasteiger partial charge in [0.2, 0.25) is 0 Å². The van der Waals surface area contributed by atoms with Gasteiger partial charge in [-0.15, -0.1) is 0 Å². The fourth-order valence-electron chi connectivity index (χ4n) is 2.50. The molecule has 134 valence electrons. The van der Waals surface area contributed by atoms with Gasteiger partial charge in [0.25, 0.3) is 17.7 Å². The van der Waals surface area contributed by atoms with Crippen molar-refractivity contribution < 1.29 is 19.1 Å². The van der Waals surface area contributed by atoms with Crippen LogP contribution < -0.4 is 20.5 Å². The number of nitrogens with zero attached hydrogens (tertiary/aromatic N) is 1. The molecule has 7 nitrogen and oxygen atoms in total. The average Bonchev–Trinajstić information content (AvgIpc) is 2.64. The topological polar surface area (TPSA) is 87.7 Å². The third kappa shape index (κ3) is 3.78. The highest BCUT2D eigenvalue weighted by Gasteiger charge is 2.32. The number of hydrogen-bond donors (Lipinski definition) is 2. The zero-order chi connectivity index (χ0) is 18.7. The van der Waals surface area contributed by atoms with Crippen LogP contribution in [0.4, 0.5) is 5.69 Å². The monoisotopic (exact) mass is 373 g/mol. The first-order chi connectivity index (χ1) is 12.5. The fraction of sp³-hybridized carbons (Fsp3) is 0.167. The van der Waals surface area contributed by atoms with Crippen molar-refractivity contribution in [2.24, 2.45) is 0 Å². The number of hydrogen-bond acceptors (Lipinski definition) is 4. The second-order valence-corrected chi connectivity index (χ2v) is 6.10. The third-order valence-corrected chi connectivity index (χ3v) is 4.05. The molecule has 0 saturated heterocycles. The number of carbonyl (C=O) groups excluding carboxylic acids is 3. The quantitative estimate of drug-likeness (QED) is 0.804. The van der Waals surface area contributed by atoms with Crippen molar-refractivity contribution in [3.05, 3.63) is 59.1 Å². The minimum absolute atomic E-state index is 0.246. The van der Waals surface area contributed by atoms with Crippen LogP contribution in [0.5, 0.6) is 5.75 Å². The molecule has 0 bridgehead atoms. The first-order valence-electron chi connectivity index (χ1n) is 7.87. The molecule has 3 rings (SSSR count). The van der Waals surface area contributed by atoms with Crippen LogP contribution in [0.15, 0.2) is 48.5 Å². The summed E-state index contributed by atoms with van der Waals surface area (Å²) < 4.78 is 5.52. The number of amides is 3. The number of fused-ring (bicyclic) bond motifs is 1. The van der Waals surface area contributed by atoms with E-state index in [1.165, 1.54) is 17.0 Å². The summed E-state index contributed by atoms with van der Waals surface area (Å²) >= 11 is 5.77. The van der Waals surface area contributed by atoms with Crippen molar-refractivity contribution in [1.29, 1.82) is 0 Å². The number of para-hydroxylation sites is 2. The molecule has 2 aromatic carbocycles. The van der Waals surface area contributed by atoms with Gasteiger partial charge in [0.15, 0.2) is 6.10 Å². The molecule has 3 amide bonds. The summed E-state index contributed by atoms with van der Waals surface area (Å²) in [4.78, 5) is 37.8. The van der Waals surface area contributed by atoms with Crippen molar-refractivity contribution >= 4 is 35.0 Å². The molecule has 0 fully saturated rings. The third-order valence-electron chi connectivity index (χ3n) is 3.80. The molecule has 0 saturated carbocycles. The van der Waals surface area contributed by atoms with Crippen LogP contribution in [0.1, 0.15) is 17.3 Å². The summed E-state index contributed by atoms with van der Waals surface area (Å²) in [5.74, 6) is -0.831. The van der Waals surface area contributed by atoms with Gasteiger partial charge < -0.3 is 4.74 Å². The molecule has 2 aromatic rings. The van der Waals surface area contributed by atoms with Gasteiger partial charge in [-0.2, -0.15) is 0 Å². The Labute approximate surface area is 154 Å². The van der Waals surface area contributed by atoms with E-state index in [1.54, 1.807) is 43.3 Å². The highest BCUT2D eigenvalue weighted by atomic mass is 35.5. The van der Waals surface area contributed by atoms with Crippen LogP contribution in [-0.2, 0) is 9.59 Å². The molecule has 1 heterocycles. The molecular formula is C18H16ClN3O4. The molecule has 0 aromatic heterocycles. The molecule has 1 atom stereocenters. The van der Waals surface area contributed by atoms with Crippen molar-refractivity contribution in [2.45, 2.75) is 13.0 Å². The molecule has 1 aliphatic heterocycles. The summed E-state index contributed by atoms with van der Waals surface area (Å²) in [6.45, 7) is 1.37. The Balaban J connectivity index is 1.63. The number of benzene rings is 2. The maximum absolute atomic E-state index is 12.3. The molecular weight excluding hydrogens is 358 g/mol. The van der Waals surface area contributed by atoms with E-state index in [0.717, 1.165) is 0 Å². The fourth-order valence-corrected chi connectivity index (χ4v) is 2.63. The Morgan fingerprint density at radius 3 is 2.54 bits per heavy atom. The van der Waals surface area contributed by atoms with Crippen LogP contribution >= 0.6 is 11.6 Å². The predicted octanol–water partition coefficient (Wildman–Crippen LogP) is 1.92. The van der Waals surface area contributed by atoms with Gasteiger partial charge in [-0.25, -0.2) is 0 Å². The highest BCUT2D eigenvalue weighted by molar-refractivity contribution is 6.30. The van der Waals surface area contributed by atoms with E-state index in [1.807, 2.05) is 0 Å². The lowest BCUT2D eigenvalue weighted by Crippen LogP contribution is -2.51. The molecule has 26 heavy (non-hydrogen) atoms. The van der Waals surface area contributed by atoms with Gasteiger partial charge in [-0.3, -0.25) is 30.1 Å². The standard InChI is InChI=1S/C18H16ClN3O4/c1-11-18(25)22(14-4-2-3-5-15(14)26-11)10-16(23)20-21-17(24)12-6-8-13(19)9-7-12/h2-9,11H,10H2,1H3,(H,20,23)(H,21,24). The summed E-state index contributed by atoms with van der Waals surface area (Å²) in [6.07, 6.45) is -0.693. The average molecular weight is 374 g/mol. The van der Waals surface area contributed by atoms with Crippen LogP contribution in [0.25, 0.3) is 0 Å². The molecule has 0 aliphatic carbocycles. The predicted molar refractivity (Wildman–Crippen MR) is 95.9 cm³/mol. The number of ether oxygens (including phenoxy) is 1. The smallest absolute Gasteiger partial charge is 0.269 e. The van der Waals surface area contributed by atoms with Crippen LogP contribution in [0, 0.1) is 0 Å². The Morgan fingerprint density at radius 1 is 1.12 bits per heavy atom. The number of rotatable bonds is 3. The van der Waals surface area contributed by atoms with Crippen molar-refractivity contribution in [2.75, 3.05) is 11.4 Å². The maximum Gasteiger partial charge on any atom is 0.269 e. The van der Waals surface area contributed by atoms with Gasteiger partial charge in [0, 0.05) is 10.6 Å². The molecule has 0 radical (unpaired) electrons. The number of halogens is 1. The normalized spacial score (nSPS) is 15.7. The van der Waals surface area contributed by atoms with E-state index in [0.29, 0.717) is 22.0 Å². The van der Waals surface area contributed by atoms with Gasteiger partial charge in [0.1, 0.15) is 12.3 Å². The van der Waals surface area contributed by atoms with Crippen molar-refractivity contribution in [3.63, 3.8) is 0 Å². The van der Waals surface area contributed by atoms with E-state index in [-0.39, 0.29) is 12.5 Å². The lowest BCUT2D eigenvalue weighted by Gasteiger charge is -2.32. The Kier molecular flexibility index (Phi) is 5.09. The summed E-state index contributed by atoms with van der Waals surface area (Å²) in [5, 5.41) is 0.504. The molecule has 0 spiro atoms. The van der Waals surface area contributed by atoms with E-state index in [2.05, 4.69) is 10.9 Å². The Hall–Kier alpha value is -3.06. The second kappa shape index (κ2) is 7.45. The SMILES string of the molecule is CC1Oc2ccccc2N(CC(=O)NNC(=O)c2ccc(Cl)cc2)C1=O. The zero-order valence-electron chi connectivity index (χ0n) is 13.9. The number of carbonyl (C=O) groups is 3. The Bertz CT molecular complexity index is 854. The lowest BCUT2D eigenvalue weighted by molar-refractivity contribution is -0.128. The summed E-state index contributed by atoms with van der Waals surface area (Å²) in [5.41, 5.74) is 5.46. The van der Waals surface area contributed by atoms with Gasteiger partial charge in [-0.05, 0) is 43.3 Å². The largest absolute Gasteiger partial charge is 0.479 e. The van der Waals surface area contributed by atoms with Crippen LogP contribution in [0.2, 0.25) is 5.02 Å². The minimum atomic E-state index is -0.693. The minimum Gasteiger partial charge on any atom is -0.479 e. The molecule has 1 unspecified atom stereocenters. The summed E-state index contributed by atoms with van der Waals surface area (Å²) in [7, 11) is 0. The maximum atomic E-state index is 12.3. The zero-order valence-corrected chi connectivity index (χ0v) is 14.6. The Morgan fingerprint density at radius 2 is 1.81 bits per heavy atom. The van der Waals surface area contributed by atoms with Gasteiger partial charge >= 0.3 is 0 Å². The van der Waals surface area contributed by atoms with E-state index in [9.17, 15) is 14.4 Å². The van der Waals surface area contributed by atoms with Crippen LogP contribution in [-0.4, -0.2) is 30.4 Å². The lowest BCUT2D eigenvalue weighted by atomic mass is 10.2. The highest BCUT2D eigenvalue weighted by Crippen LogP contribution is 2.33. The molecule has 1 aliphatic rings. The number of anilines is 1. The van der Waals surface area contributed by atoms with Gasteiger partial charge in [-0.1, -0.05) is 23.7 Å². The molecule has 2 N–H and O–H groups in total. The van der Waals surface area contributed by atoms with E-state index < -0.39 is 17.9 Å². The number of nitrogens with one attached hydrogen (secondary N) is 2. The first kappa shape index (κ1) is 17.8. The number of hydrazine groups is 1.